The zero-order chi connectivity index (χ0) is 11.5. The highest BCUT2D eigenvalue weighted by Gasteiger charge is 2.06. The van der Waals surface area contributed by atoms with E-state index in [0.717, 1.165) is 11.3 Å². The number of aromatic nitrogens is 2. The van der Waals surface area contributed by atoms with Crippen molar-refractivity contribution in [3.8, 4) is 11.1 Å². The molecule has 3 nitrogen and oxygen atoms in total. The fourth-order valence-electron chi connectivity index (χ4n) is 1.76. The number of hydrogen-bond acceptors (Lipinski definition) is 2. The maximum atomic E-state index is 5.64. The number of nitrogens with two attached hydrogens (primary N) is 1. The Morgan fingerprint density at radius 2 is 1.94 bits per heavy atom. The van der Waals surface area contributed by atoms with E-state index >= 15 is 0 Å². The van der Waals surface area contributed by atoms with Crippen LogP contribution in [0.15, 0.2) is 30.5 Å². The molecule has 0 amide bonds. The summed E-state index contributed by atoms with van der Waals surface area (Å²) in [6.07, 6.45) is 1.83. The van der Waals surface area contributed by atoms with Crippen LogP contribution in [0.1, 0.15) is 31.0 Å². The summed E-state index contributed by atoms with van der Waals surface area (Å²) in [6.45, 7) is 4.87. The highest BCUT2D eigenvalue weighted by Crippen LogP contribution is 2.24. The highest BCUT2D eigenvalue weighted by atomic mass is 15.1. The van der Waals surface area contributed by atoms with Gasteiger partial charge in [0.15, 0.2) is 0 Å². The summed E-state index contributed by atoms with van der Waals surface area (Å²) in [5.41, 5.74) is 10.2. The molecule has 0 unspecified atom stereocenters. The SMILES string of the molecule is CC(C)c1ccc(-c2cn[nH]c2CN)cc1. The van der Waals surface area contributed by atoms with E-state index in [2.05, 4.69) is 48.3 Å². The van der Waals surface area contributed by atoms with Gasteiger partial charge in [0.05, 0.1) is 11.9 Å². The summed E-state index contributed by atoms with van der Waals surface area (Å²) < 4.78 is 0. The first-order valence-electron chi connectivity index (χ1n) is 5.55. The second kappa shape index (κ2) is 4.49. The average molecular weight is 215 g/mol. The topological polar surface area (TPSA) is 54.7 Å². The Balaban J connectivity index is 2.35. The standard InChI is InChI=1S/C13H17N3/c1-9(2)10-3-5-11(6-4-10)12-8-15-16-13(12)7-14/h3-6,8-9H,7,14H2,1-2H3,(H,15,16). The number of nitrogens with one attached hydrogen (secondary N) is 1. The van der Waals surface area contributed by atoms with Gasteiger partial charge in [-0.15, -0.1) is 0 Å². The maximum Gasteiger partial charge on any atom is 0.0569 e. The Morgan fingerprint density at radius 3 is 2.50 bits per heavy atom. The van der Waals surface area contributed by atoms with Gasteiger partial charge in [0, 0.05) is 12.1 Å². The number of H-pyrrole nitrogens is 1. The number of hydrogen-bond donors (Lipinski definition) is 2. The summed E-state index contributed by atoms with van der Waals surface area (Å²) >= 11 is 0. The van der Waals surface area contributed by atoms with Crippen LogP contribution in [0.3, 0.4) is 0 Å². The van der Waals surface area contributed by atoms with Crippen LogP contribution in [0.5, 0.6) is 0 Å². The van der Waals surface area contributed by atoms with Crippen molar-refractivity contribution in [3.63, 3.8) is 0 Å². The lowest BCUT2D eigenvalue weighted by Crippen LogP contribution is -1.98. The molecule has 2 rings (SSSR count). The number of rotatable bonds is 3. The molecule has 0 aliphatic carbocycles. The molecule has 0 saturated carbocycles. The normalized spacial score (nSPS) is 11.0. The quantitative estimate of drug-likeness (QED) is 0.827. The van der Waals surface area contributed by atoms with Crippen LogP contribution in [0.25, 0.3) is 11.1 Å². The van der Waals surface area contributed by atoms with Crippen LogP contribution in [0.4, 0.5) is 0 Å². The van der Waals surface area contributed by atoms with Crippen molar-refractivity contribution < 1.29 is 0 Å². The van der Waals surface area contributed by atoms with Gasteiger partial charge in [0.1, 0.15) is 0 Å². The van der Waals surface area contributed by atoms with E-state index in [1.165, 1.54) is 11.1 Å². The van der Waals surface area contributed by atoms with Crippen LogP contribution in [0, 0.1) is 0 Å². The Labute approximate surface area is 95.7 Å². The van der Waals surface area contributed by atoms with E-state index in [4.69, 9.17) is 5.73 Å². The molecule has 1 heterocycles. The van der Waals surface area contributed by atoms with E-state index < -0.39 is 0 Å². The molecular formula is C13H17N3. The second-order valence-corrected chi connectivity index (χ2v) is 4.24. The third-order valence-corrected chi connectivity index (χ3v) is 2.81. The van der Waals surface area contributed by atoms with E-state index in [1.807, 2.05) is 6.20 Å². The van der Waals surface area contributed by atoms with E-state index in [0.29, 0.717) is 12.5 Å². The minimum Gasteiger partial charge on any atom is -0.325 e. The van der Waals surface area contributed by atoms with Crippen LogP contribution < -0.4 is 5.73 Å². The molecule has 2 aromatic rings. The zero-order valence-electron chi connectivity index (χ0n) is 9.70. The Bertz CT molecular complexity index is 454. The maximum absolute atomic E-state index is 5.64. The van der Waals surface area contributed by atoms with Crippen molar-refractivity contribution in [3.05, 3.63) is 41.7 Å². The third kappa shape index (κ3) is 1.99. The molecule has 0 aliphatic heterocycles. The molecule has 0 atom stereocenters. The number of aromatic amines is 1. The number of benzene rings is 1. The van der Waals surface area contributed by atoms with Crippen molar-refractivity contribution in [2.45, 2.75) is 26.3 Å². The summed E-state index contributed by atoms with van der Waals surface area (Å²) in [6, 6.07) is 8.57. The second-order valence-electron chi connectivity index (χ2n) is 4.24. The molecule has 0 radical (unpaired) electrons. The largest absolute Gasteiger partial charge is 0.325 e. The summed E-state index contributed by atoms with van der Waals surface area (Å²) in [5.74, 6) is 0.562. The van der Waals surface area contributed by atoms with Gasteiger partial charge in [0.25, 0.3) is 0 Å². The molecule has 1 aromatic heterocycles. The van der Waals surface area contributed by atoms with Gasteiger partial charge in [-0.05, 0) is 17.0 Å². The fraction of sp³-hybridized carbons (Fsp3) is 0.308. The zero-order valence-corrected chi connectivity index (χ0v) is 9.70. The lowest BCUT2D eigenvalue weighted by molar-refractivity contribution is 0.867. The molecule has 0 bridgehead atoms. The first-order chi connectivity index (χ1) is 7.72. The van der Waals surface area contributed by atoms with Crippen LogP contribution in [0.2, 0.25) is 0 Å². The van der Waals surface area contributed by atoms with Crippen molar-refractivity contribution in [2.75, 3.05) is 0 Å². The van der Waals surface area contributed by atoms with E-state index in [9.17, 15) is 0 Å². The minimum absolute atomic E-state index is 0.487. The molecule has 0 spiro atoms. The molecule has 3 N–H and O–H groups in total. The molecule has 84 valence electrons. The van der Waals surface area contributed by atoms with Gasteiger partial charge in [0.2, 0.25) is 0 Å². The van der Waals surface area contributed by atoms with Crippen LogP contribution in [-0.4, -0.2) is 10.2 Å². The summed E-state index contributed by atoms with van der Waals surface area (Å²) in [7, 11) is 0. The smallest absolute Gasteiger partial charge is 0.0569 e. The Morgan fingerprint density at radius 1 is 1.25 bits per heavy atom. The number of nitrogens with zero attached hydrogens (tertiary/aromatic N) is 1. The van der Waals surface area contributed by atoms with Crippen molar-refractivity contribution in [1.82, 2.24) is 10.2 Å². The Hall–Kier alpha value is -1.61. The fourth-order valence-corrected chi connectivity index (χ4v) is 1.76. The summed E-state index contributed by atoms with van der Waals surface area (Å²) in [5, 5.41) is 6.94. The predicted octanol–water partition coefficient (Wildman–Crippen LogP) is 2.66. The molecule has 1 aromatic carbocycles. The van der Waals surface area contributed by atoms with Crippen molar-refractivity contribution in [1.29, 1.82) is 0 Å². The molecular weight excluding hydrogens is 198 g/mol. The van der Waals surface area contributed by atoms with Crippen LogP contribution in [-0.2, 0) is 6.54 Å². The first-order valence-corrected chi connectivity index (χ1v) is 5.55. The average Bonchev–Trinajstić information content (AvgIpc) is 2.77. The van der Waals surface area contributed by atoms with Gasteiger partial charge in [-0.1, -0.05) is 38.1 Å². The molecule has 0 aliphatic rings. The van der Waals surface area contributed by atoms with Crippen molar-refractivity contribution in [2.24, 2.45) is 5.73 Å². The summed E-state index contributed by atoms with van der Waals surface area (Å²) in [4.78, 5) is 0. The first kappa shape index (κ1) is 10.9. The van der Waals surface area contributed by atoms with Gasteiger partial charge in [-0.25, -0.2) is 0 Å². The molecule has 3 heteroatoms. The third-order valence-electron chi connectivity index (χ3n) is 2.81. The molecule has 0 saturated heterocycles. The van der Waals surface area contributed by atoms with Gasteiger partial charge < -0.3 is 5.73 Å². The van der Waals surface area contributed by atoms with Gasteiger partial charge in [-0.3, -0.25) is 5.10 Å². The monoisotopic (exact) mass is 215 g/mol. The molecule has 16 heavy (non-hydrogen) atoms. The van der Waals surface area contributed by atoms with Crippen LogP contribution >= 0.6 is 0 Å². The van der Waals surface area contributed by atoms with E-state index in [-0.39, 0.29) is 0 Å². The predicted molar refractivity (Wildman–Crippen MR) is 66.0 cm³/mol. The van der Waals surface area contributed by atoms with Gasteiger partial charge >= 0.3 is 0 Å². The lowest BCUT2D eigenvalue weighted by atomic mass is 9.99. The highest BCUT2D eigenvalue weighted by molar-refractivity contribution is 5.65. The Kier molecular flexibility index (Phi) is 3.06. The lowest BCUT2D eigenvalue weighted by Gasteiger charge is -2.06. The van der Waals surface area contributed by atoms with E-state index in [1.54, 1.807) is 0 Å². The molecule has 0 fully saturated rings. The minimum atomic E-state index is 0.487. The van der Waals surface area contributed by atoms with Crippen molar-refractivity contribution >= 4 is 0 Å². The van der Waals surface area contributed by atoms with Gasteiger partial charge in [-0.2, -0.15) is 5.10 Å².